The van der Waals surface area contributed by atoms with Crippen molar-refractivity contribution in [2.45, 2.75) is 0 Å². The largest absolute Gasteiger partial charge is 0.440 e. The third kappa shape index (κ3) is 3.26. The van der Waals surface area contributed by atoms with Gasteiger partial charge in [-0.1, -0.05) is 30.3 Å². The molecule has 3 aromatic carbocycles. The zero-order chi connectivity index (χ0) is 22.5. The molecule has 1 fully saturated rings. The molecular weight excluding hydrogens is 440 g/mol. The zero-order valence-corrected chi connectivity index (χ0v) is 18.3. The van der Waals surface area contributed by atoms with Gasteiger partial charge in [0.2, 0.25) is 0 Å². The summed E-state index contributed by atoms with van der Waals surface area (Å²) in [6, 6.07) is 18.0. The van der Waals surface area contributed by atoms with Gasteiger partial charge in [0.25, 0.3) is 5.69 Å². The Labute approximate surface area is 191 Å². The first-order valence-corrected chi connectivity index (χ1v) is 11.4. The van der Waals surface area contributed by atoms with Crippen molar-refractivity contribution in [3.63, 3.8) is 0 Å². The van der Waals surface area contributed by atoms with Crippen LogP contribution in [0.4, 0.5) is 11.6 Å². The van der Waals surface area contributed by atoms with Crippen molar-refractivity contribution < 1.29 is 14.1 Å². The van der Waals surface area contributed by atoms with Crippen LogP contribution in [0, 0.1) is 10.1 Å². The molecule has 0 unspecified atom stereocenters. The van der Waals surface area contributed by atoms with Gasteiger partial charge in [0, 0.05) is 62.6 Å². The van der Waals surface area contributed by atoms with E-state index in [1.165, 1.54) is 6.07 Å². The lowest BCUT2D eigenvalue weighted by atomic mass is 10.0. The standard InChI is InChI=1S/C25H18N2O5S/c28-21-14-23(26-9-11-31-12-10-26)32-24-16(3-1-6-19(21)24)17-4-2-5-18-20-13-15(27(29)30)7-8-22(20)33-25(17)18/h1-8,13-14H,9-12H2. The molecule has 0 amide bonds. The number of nitrogens with zero attached hydrogens (tertiary/aromatic N) is 2. The summed E-state index contributed by atoms with van der Waals surface area (Å²) >= 11 is 1.58. The summed E-state index contributed by atoms with van der Waals surface area (Å²) in [4.78, 5) is 25.9. The summed E-state index contributed by atoms with van der Waals surface area (Å²) in [6.45, 7) is 2.52. The summed E-state index contributed by atoms with van der Waals surface area (Å²) in [7, 11) is 0. The molecule has 0 bridgehead atoms. The highest BCUT2D eigenvalue weighted by molar-refractivity contribution is 7.26. The number of nitro benzene ring substituents is 1. The molecule has 1 saturated heterocycles. The average molecular weight is 458 g/mol. The minimum absolute atomic E-state index is 0.0684. The van der Waals surface area contributed by atoms with Crippen LogP contribution >= 0.6 is 11.3 Å². The molecule has 7 nitrogen and oxygen atoms in total. The van der Waals surface area contributed by atoms with Gasteiger partial charge < -0.3 is 14.1 Å². The molecule has 0 N–H and O–H groups in total. The van der Waals surface area contributed by atoms with E-state index in [0.29, 0.717) is 43.2 Å². The third-order valence-corrected chi connectivity index (χ3v) is 7.27. The highest BCUT2D eigenvalue weighted by Crippen LogP contribution is 2.42. The van der Waals surface area contributed by atoms with Crippen LogP contribution in [0.1, 0.15) is 0 Å². The lowest BCUT2D eigenvalue weighted by Crippen LogP contribution is -2.36. The summed E-state index contributed by atoms with van der Waals surface area (Å²) in [5.41, 5.74) is 2.29. The topological polar surface area (TPSA) is 85.8 Å². The number of para-hydroxylation sites is 1. The van der Waals surface area contributed by atoms with Gasteiger partial charge in [-0.05, 0) is 12.1 Å². The maximum Gasteiger partial charge on any atom is 0.270 e. The molecule has 1 aliphatic rings. The minimum atomic E-state index is -0.376. The van der Waals surface area contributed by atoms with E-state index >= 15 is 0 Å². The van der Waals surface area contributed by atoms with Crippen molar-refractivity contribution in [1.82, 2.24) is 0 Å². The Kier molecular flexibility index (Phi) is 4.63. The predicted octanol–water partition coefficient (Wildman–Crippen LogP) is 5.57. The van der Waals surface area contributed by atoms with E-state index in [1.54, 1.807) is 35.6 Å². The highest BCUT2D eigenvalue weighted by atomic mass is 32.1. The van der Waals surface area contributed by atoms with E-state index in [0.717, 1.165) is 31.3 Å². The molecule has 0 saturated carbocycles. The second-order valence-electron chi connectivity index (χ2n) is 7.95. The van der Waals surface area contributed by atoms with Crippen molar-refractivity contribution >= 4 is 54.0 Å². The second kappa shape index (κ2) is 7.68. The molecule has 0 aliphatic carbocycles. The maximum atomic E-state index is 13.0. The van der Waals surface area contributed by atoms with Gasteiger partial charge in [-0.25, -0.2) is 0 Å². The fourth-order valence-electron chi connectivity index (χ4n) is 4.43. The molecule has 0 spiro atoms. The molecule has 3 heterocycles. The van der Waals surface area contributed by atoms with Crippen LogP contribution in [0.2, 0.25) is 0 Å². The minimum Gasteiger partial charge on any atom is -0.440 e. The fourth-order valence-corrected chi connectivity index (χ4v) is 5.64. The predicted molar refractivity (Wildman–Crippen MR) is 130 cm³/mol. The van der Waals surface area contributed by atoms with Gasteiger partial charge in [-0.3, -0.25) is 14.9 Å². The number of benzene rings is 3. The van der Waals surface area contributed by atoms with Crippen LogP contribution in [0.5, 0.6) is 0 Å². The molecule has 5 aromatic rings. The number of hydrogen-bond acceptors (Lipinski definition) is 7. The quantitative estimate of drug-likeness (QED) is 0.259. The Balaban J connectivity index is 1.60. The first-order valence-electron chi connectivity index (χ1n) is 10.6. The van der Waals surface area contributed by atoms with Crippen molar-refractivity contribution in [2.24, 2.45) is 0 Å². The molecule has 2 aromatic heterocycles. The summed E-state index contributed by atoms with van der Waals surface area (Å²) in [6.07, 6.45) is 0. The molecule has 1 aliphatic heterocycles. The first-order chi connectivity index (χ1) is 16.1. The van der Waals surface area contributed by atoms with E-state index in [2.05, 4.69) is 0 Å². The Morgan fingerprint density at radius 1 is 0.909 bits per heavy atom. The van der Waals surface area contributed by atoms with Crippen LogP contribution in [-0.4, -0.2) is 31.2 Å². The van der Waals surface area contributed by atoms with Crippen LogP contribution in [0.15, 0.2) is 69.9 Å². The van der Waals surface area contributed by atoms with Gasteiger partial charge in [-0.2, -0.15) is 0 Å². The number of thiophene rings is 1. The Bertz CT molecular complexity index is 1610. The lowest BCUT2D eigenvalue weighted by molar-refractivity contribution is -0.384. The molecule has 0 radical (unpaired) electrons. The fraction of sp³-hybridized carbons (Fsp3) is 0.160. The van der Waals surface area contributed by atoms with Gasteiger partial charge >= 0.3 is 0 Å². The van der Waals surface area contributed by atoms with Gasteiger partial charge in [0.15, 0.2) is 11.3 Å². The molecule has 33 heavy (non-hydrogen) atoms. The monoisotopic (exact) mass is 458 g/mol. The number of hydrogen-bond donors (Lipinski definition) is 0. The molecule has 8 heteroatoms. The average Bonchev–Trinajstić information content (AvgIpc) is 3.22. The van der Waals surface area contributed by atoms with Crippen molar-refractivity contribution in [1.29, 1.82) is 0 Å². The number of nitro groups is 1. The van der Waals surface area contributed by atoms with Gasteiger partial charge in [0.1, 0.15) is 5.58 Å². The van der Waals surface area contributed by atoms with Crippen molar-refractivity contribution in [2.75, 3.05) is 31.2 Å². The Morgan fingerprint density at radius 2 is 1.67 bits per heavy atom. The van der Waals surface area contributed by atoms with E-state index in [9.17, 15) is 14.9 Å². The molecular formula is C25H18N2O5S. The van der Waals surface area contributed by atoms with Gasteiger partial charge in [0.05, 0.1) is 23.5 Å². The summed E-state index contributed by atoms with van der Waals surface area (Å²) in [5.74, 6) is 0.544. The number of ether oxygens (including phenoxy) is 1. The van der Waals surface area contributed by atoms with E-state index in [-0.39, 0.29) is 16.0 Å². The SMILES string of the molecule is O=c1cc(N2CCOCC2)oc2c(-c3cccc4c3sc3ccc([N+](=O)[O-])cc34)cccc12. The van der Waals surface area contributed by atoms with Crippen LogP contribution in [-0.2, 0) is 4.74 Å². The van der Waals surface area contributed by atoms with Crippen molar-refractivity contribution in [3.8, 4) is 11.1 Å². The highest BCUT2D eigenvalue weighted by Gasteiger charge is 2.19. The van der Waals surface area contributed by atoms with Crippen LogP contribution < -0.4 is 10.3 Å². The molecule has 0 atom stereocenters. The van der Waals surface area contributed by atoms with E-state index in [4.69, 9.17) is 9.15 Å². The lowest BCUT2D eigenvalue weighted by Gasteiger charge is -2.27. The number of morpholine rings is 1. The molecule has 164 valence electrons. The normalized spacial score (nSPS) is 14.4. The Morgan fingerprint density at radius 3 is 2.45 bits per heavy atom. The zero-order valence-electron chi connectivity index (χ0n) is 17.4. The molecule has 6 rings (SSSR count). The van der Waals surface area contributed by atoms with E-state index in [1.807, 2.05) is 35.2 Å². The van der Waals surface area contributed by atoms with Gasteiger partial charge in [-0.15, -0.1) is 11.3 Å². The number of non-ortho nitro benzene ring substituents is 1. The smallest absolute Gasteiger partial charge is 0.270 e. The number of anilines is 1. The second-order valence-corrected chi connectivity index (χ2v) is 9.00. The van der Waals surface area contributed by atoms with E-state index < -0.39 is 0 Å². The third-order valence-electron chi connectivity index (χ3n) is 6.05. The number of rotatable bonds is 3. The summed E-state index contributed by atoms with van der Waals surface area (Å²) in [5, 5.41) is 13.6. The van der Waals surface area contributed by atoms with Crippen LogP contribution in [0.3, 0.4) is 0 Å². The van der Waals surface area contributed by atoms with Crippen molar-refractivity contribution in [3.05, 3.63) is 81.0 Å². The maximum absolute atomic E-state index is 13.0. The summed E-state index contributed by atoms with van der Waals surface area (Å²) < 4.78 is 13.7. The van der Waals surface area contributed by atoms with Crippen LogP contribution in [0.25, 0.3) is 42.3 Å². The number of fused-ring (bicyclic) bond motifs is 4. The Hall–Kier alpha value is -3.75. The first kappa shape index (κ1) is 19.9.